The number of allylic oxidation sites excluding steroid dienone is 2. The van der Waals surface area contributed by atoms with E-state index in [2.05, 4.69) is 206 Å². The van der Waals surface area contributed by atoms with Crippen molar-refractivity contribution in [1.82, 2.24) is 0 Å². The maximum absolute atomic E-state index is 4.07. The normalized spacial score (nSPS) is 15.4. The van der Waals surface area contributed by atoms with Gasteiger partial charge < -0.3 is 4.90 Å². The van der Waals surface area contributed by atoms with E-state index in [1.54, 1.807) is 0 Å². The molecule has 0 aliphatic heterocycles. The van der Waals surface area contributed by atoms with E-state index < -0.39 is 5.41 Å². The van der Waals surface area contributed by atoms with Gasteiger partial charge >= 0.3 is 0 Å². The Balaban J connectivity index is 1.25. The Morgan fingerprint density at radius 1 is 0.474 bits per heavy atom. The summed E-state index contributed by atoms with van der Waals surface area (Å²) in [6, 6.07) is 68.4. The zero-order valence-corrected chi connectivity index (χ0v) is 32.0. The fourth-order valence-electron chi connectivity index (χ4n) is 10.9. The molecule has 11 rings (SSSR count). The molecule has 0 bridgehead atoms. The molecule has 0 atom stereocenters. The van der Waals surface area contributed by atoms with Gasteiger partial charge in [0, 0.05) is 16.7 Å². The van der Waals surface area contributed by atoms with Gasteiger partial charge in [-0.15, -0.1) is 0 Å². The summed E-state index contributed by atoms with van der Waals surface area (Å²) in [5.74, 6) is 0. The second kappa shape index (κ2) is 13.2. The molecule has 0 saturated heterocycles. The molecule has 8 aromatic carbocycles. The highest BCUT2D eigenvalue weighted by Gasteiger charge is 2.48. The van der Waals surface area contributed by atoms with Crippen molar-refractivity contribution in [2.75, 3.05) is 4.90 Å². The Kier molecular flexibility index (Phi) is 7.79. The third kappa shape index (κ3) is 4.88. The second-order valence-electron chi connectivity index (χ2n) is 16.0. The lowest BCUT2D eigenvalue weighted by molar-refractivity contribution is 0.550. The highest BCUT2D eigenvalue weighted by Crippen LogP contribution is 2.61. The van der Waals surface area contributed by atoms with Crippen LogP contribution in [-0.2, 0) is 10.8 Å². The smallest absolute Gasteiger partial charge is 0.0714 e. The zero-order chi connectivity index (χ0) is 38.0. The molecule has 1 spiro atoms. The Hall–Kier alpha value is -6.70. The van der Waals surface area contributed by atoms with Gasteiger partial charge in [-0.3, -0.25) is 0 Å². The molecule has 1 fully saturated rings. The van der Waals surface area contributed by atoms with Gasteiger partial charge in [-0.25, -0.2) is 0 Å². The molecule has 57 heavy (non-hydrogen) atoms. The van der Waals surface area contributed by atoms with Crippen LogP contribution in [0.3, 0.4) is 0 Å². The fourth-order valence-corrected chi connectivity index (χ4v) is 10.9. The van der Waals surface area contributed by atoms with Crippen LogP contribution >= 0.6 is 0 Å². The highest BCUT2D eigenvalue weighted by molar-refractivity contribution is 6.00. The first-order valence-corrected chi connectivity index (χ1v) is 20.4. The Labute approximate surface area is 335 Å². The van der Waals surface area contributed by atoms with Crippen LogP contribution in [0.5, 0.6) is 0 Å². The number of hydrogen-bond donors (Lipinski definition) is 0. The van der Waals surface area contributed by atoms with Crippen LogP contribution in [0.2, 0.25) is 0 Å². The van der Waals surface area contributed by atoms with Crippen LogP contribution in [0.1, 0.15) is 64.6 Å². The van der Waals surface area contributed by atoms with E-state index in [0.717, 1.165) is 16.9 Å². The summed E-state index contributed by atoms with van der Waals surface area (Å²) in [6.07, 6.45) is 11.1. The van der Waals surface area contributed by atoms with E-state index in [9.17, 15) is 0 Å². The lowest BCUT2D eigenvalue weighted by Gasteiger charge is -2.35. The molecule has 1 heteroatoms. The van der Waals surface area contributed by atoms with Gasteiger partial charge in [-0.1, -0.05) is 189 Å². The van der Waals surface area contributed by atoms with E-state index in [1.165, 1.54) is 97.8 Å². The van der Waals surface area contributed by atoms with Gasteiger partial charge in [0.05, 0.1) is 16.8 Å². The van der Waals surface area contributed by atoms with Crippen molar-refractivity contribution >= 4 is 33.9 Å². The van der Waals surface area contributed by atoms with Crippen LogP contribution in [0.4, 0.5) is 17.1 Å². The summed E-state index contributed by atoms with van der Waals surface area (Å²) < 4.78 is 0. The number of anilines is 3. The van der Waals surface area contributed by atoms with E-state index in [-0.39, 0.29) is 5.41 Å². The average Bonchev–Trinajstić information content (AvgIpc) is 3.97. The summed E-state index contributed by atoms with van der Waals surface area (Å²) in [5, 5.41) is 2.43. The number of fused-ring (bicyclic) bond motifs is 9. The van der Waals surface area contributed by atoms with Crippen LogP contribution in [0, 0.1) is 0 Å². The van der Waals surface area contributed by atoms with Gasteiger partial charge in [0.1, 0.15) is 0 Å². The maximum Gasteiger partial charge on any atom is 0.0714 e. The Morgan fingerprint density at radius 3 is 1.79 bits per heavy atom. The molecule has 3 aliphatic rings. The molecule has 0 amide bonds. The highest BCUT2D eigenvalue weighted by atomic mass is 15.1. The van der Waals surface area contributed by atoms with Crippen molar-refractivity contribution in [2.45, 2.75) is 36.5 Å². The first-order valence-electron chi connectivity index (χ1n) is 20.4. The minimum absolute atomic E-state index is 0.0535. The molecular formula is C56H43N. The predicted molar refractivity (Wildman–Crippen MR) is 240 cm³/mol. The minimum atomic E-state index is -0.510. The Bertz CT molecular complexity index is 2830. The SMILES string of the molecule is C=C/C=C\c1cc2ccccc2cc1N(c1ccc2c(c1)C(c1ccccc1)(c1ccccc1)c1ccccc1-2)c1cccc2c1-c1ccccc1C21CCCC1. The molecule has 0 radical (unpaired) electrons. The van der Waals surface area contributed by atoms with E-state index >= 15 is 0 Å². The number of nitrogens with zero attached hydrogens (tertiary/aromatic N) is 1. The molecule has 1 nitrogen and oxygen atoms in total. The van der Waals surface area contributed by atoms with Crippen molar-refractivity contribution in [3.05, 3.63) is 240 Å². The van der Waals surface area contributed by atoms with Crippen molar-refractivity contribution in [1.29, 1.82) is 0 Å². The van der Waals surface area contributed by atoms with Crippen molar-refractivity contribution in [3.8, 4) is 22.3 Å². The first kappa shape index (κ1) is 33.6. The van der Waals surface area contributed by atoms with E-state index in [4.69, 9.17) is 0 Å². The molecule has 1 saturated carbocycles. The van der Waals surface area contributed by atoms with Gasteiger partial charge in [0.2, 0.25) is 0 Å². The monoisotopic (exact) mass is 729 g/mol. The topological polar surface area (TPSA) is 3.24 Å². The molecule has 0 N–H and O–H groups in total. The molecule has 3 aliphatic carbocycles. The van der Waals surface area contributed by atoms with Gasteiger partial charge in [0.25, 0.3) is 0 Å². The molecule has 272 valence electrons. The second-order valence-corrected chi connectivity index (χ2v) is 16.0. The molecule has 0 aromatic heterocycles. The average molecular weight is 730 g/mol. The molecular weight excluding hydrogens is 687 g/mol. The van der Waals surface area contributed by atoms with Gasteiger partial charge in [0.15, 0.2) is 0 Å². The van der Waals surface area contributed by atoms with Crippen LogP contribution in [0.15, 0.2) is 201 Å². The van der Waals surface area contributed by atoms with Crippen molar-refractivity contribution < 1.29 is 0 Å². The van der Waals surface area contributed by atoms with Crippen molar-refractivity contribution in [3.63, 3.8) is 0 Å². The third-order valence-electron chi connectivity index (χ3n) is 13.2. The van der Waals surface area contributed by atoms with E-state index in [0.29, 0.717) is 0 Å². The largest absolute Gasteiger partial charge is 0.309 e. The zero-order valence-electron chi connectivity index (χ0n) is 32.0. The standard InChI is InChI=1S/C56H43N/c1-2-3-19-41-36-39-20-10-11-21-40(39)37-53(41)57(52-31-18-30-50-54(52)47-27-13-14-28-48(47)55(50)34-16-17-35-55)44-32-33-46-45-26-12-15-29-49(45)56(51(46)38-44,42-22-6-4-7-23-42)43-24-8-5-9-25-43/h2-15,18-33,36-38H,1,16-17,34-35H2/b19-3-. The third-order valence-corrected chi connectivity index (χ3v) is 13.2. The van der Waals surface area contributed by atoms with Crippen LogP contribution in [-0.4, -0.2) is 0 Å². The van der Waals surface area contributed by atoms with Crippen LogP contribution in [0.25, 0.3) is 39.1 Å². The van der Waals surface area contributed by atoms with Crippen LogP contribution < -0.4 is 4.90 Å². The predicted octanol–water partition coefficient (Wildman–Crippen LogP) is 14.7. The maximum atomic E-state index is 4.07. The van der Waals surface area contributed by atoms with Gasteiger partial charge in [-0.05, 0) is 110 Å². The summed E-state index contributed by atoms with van der Waals surface area (Å²) >= 11 is 0. The molecule has 0 heterocycles. The first-order chi connectivity index (χ1) is 28.2. The van der Waals surface area contributed by atoms with Gasteiger partial charge in [-0.2, -0.15) is 0 Å². The Morgan fingerprint density at radius 2 is 1.07 bits per heavy atom. The minimum Gasteiger partial charge on any atom is -0.309 e. The quantitative estimate of drug-likeness (QED) is 0.148. The van der Waals surface area contributed by atoms with Crippen molar-refractivity contribution in [2.24, 2.45) is 0 Å². The summed E-state index contributed by atoms with van der Waals surface area (Å²) in [5.41, 5.74) is 17.6. The fraction of sp³-hybridized carbons (Fsp3) is 0.107. The summed E-state index contributed by atoms with van der Waals surface area (Å²) in [7, 11) is 0. The van der Waals surface area contributed by atoms with E-state index in [1.807, 2.05) is 6.08 Å². The number of benzene rings is 8. The molecule has 8 aromatic rings. The molecule has 0 unspecified atom stereocenters. The number of hydrogen-bond acceptors (Lipinski definition) is 1. The lowest BCUT2D eigenvalue weighted by atomic mass is 9.67. The lowest BCUT2D eigenvalue weighted by Crippen LogP contribution is -2.28. The summed E-state index contributed by atoms with van der Waals surface area (Å²) in [6.45, 7) is 4.07. The number of rotatable bonds is 7. The summed E-state index contributed by atoms with van der Waals surface area (Å²) in [4.78, 5) is 2.57.